The van der Waals surface area contributed by atoms with Crippen LogP contribution in [0.1, 0.15) is 47.4 Å². The van der Waals surface area contributed by atoms with Gasteiger partial charge in [0.1, 0.15) is 5.76 Å². The third-order valence-electron chi connectivity index (χ3n) is 4.60. The van der Waals surface area contributed by atoms with Crippen molar-refractivity contribution in [3.63, 3.8) is 0 Å². The number of hydrogen-bond donors (Lipinski definition) is 0. The van der Waals surface area contributed by atoms with Crippen LogP contribution in [0.3, 0.4) is 0 Å². The lowest BCUT2D eigenvalue weighted by Gasteiger charge is -2.29. The number of hydrogen-bond acceptors (Lipinski definition) is 2. The van der Waals surface area contributed by atoms with Crippen molar-refractivity contribution in [2.45, 2.75) is 45.1 Å². The Hall–Kier alpha value is -2.03. The lowest BCUT2D eigenvalue weighted by atomic mass is 10.1. The zero-order chi connectivity index (χ0) is 15.4. The molecule has 1 fully saturated rings. The van der Waals surface area contributed by atoms with Gasteiger partial charge in [-0.2, -0.15) is 0 Å². The van der Waals surface area contributed by atoms with Crippen LogP contribution in [0, 0.1) is 6.92 Å². The van der Waals surface area contributed by atoms with Crippen molar-refractivity contribution in [3.05, 3.63) is 59.5 Å². The van der Waals surface area contributed by atoms with Gasteiger partial charge in [-0.1, -0.05) is 43.2 Å². The van der Waals surface area contributed by atoms with Crippen molar-refractivity contribution < 1.29 is 9.21 Å². The van der Waals surface area contributed by atoms with Crippen LogP contribution in [-0.4, -0.2) is 23.4 Å². The van der Waals surface area contributed by atoms with Crippen molar-refractivity contribution in [1.82, 2.24) is 4.90 Å². The van der Waals surface area contributed by atoms with Gasteiger partial charge in [0.2, 0.25) is 0 Å². The van der Waals surface area contributed by atoms with Crippen LogP contribution in [0.5, 0.6) is 0 Å². The van der Waals surface area contributed by atoms with Gasteiger partial charge in [0, 0.05) is 12.6 Å². The maximum Gasteiger partial charge on any atom is 0.257 e. The summed E-state index contributed by atoms with van der Waals surface area (Å²) in [6.45, 7) is 2.63. The standard InChI is InChI=1S/C19H23NO2/c1-15-18(12-14-22-15)19(21)20(17-9-5-6-10-17)13-11-16-7-3-2-4-8-16/h2-4,7-8,12,14,17H,5-6,9-11,13H2,1H3. The molecule has 1 aromatic carbocycles. The molecule has 2 aromatic rings. The number of carbonyl (C=O) groups excluding carboxylic acids is 1. The number of nitrogens with zero attached hydrogens (tertiary/aromatic N) is 1. The molecule has 0 saturated heterocycles. The number of furan rings is 1. The fourth-order valence-corrected chi connectivity index (χ4v) is 3.32. The van der Waals surface area contributed by atoms with E-state index in [0.29, 0.717) is 17.4 Å². The maximum atomic E-state index is 12.9. The molecule has 22 heavy (non-hydrogen) atoms. The topological polar surface area (TPSA) is 33.5 Å². The molecule has 3 nitrogen and oxygen atoms in total. The van der Waals surface area contributed by atoms with Crippen LogP contribution in [0.4, 0.5) is 0 Å². The number of rotatable bonds is 5. The van der Waals surface area contributed by atoms with Gasteiger partial charge in [-0.3, -0.25) is 4.79 Å². The summed E-state index contributed by atoms with van der Waals surface area (Å²) in [6.07, 6.45) is 7.20. The summed E-state index contributed by atoms with van der Waals surface area (Å²) in [5.41, 5.74) is 1.99. The average Bonchev–Trinajstić information content (AvgIpc) is 3.20. The van der Waals surface area contributed by atoms with Crippen LogP contribution in [0.2, 0.25) is 0 Å². The summed E-state index contributed by atoms with van der Waals surface area (Å²) in [4.78, 5) is 15.0. The monoisotopic (exact) mass is 297 g/mol. The van der Waals surface area contributed by atoms with Gasteiger partial charge in [0.15, 0.2) is 0 Å². The first-order valence-electron chi connectivity index (χ1n) is 8.14. The van der Waals surface area contributed by atoms with Gasteiger partial charge >= 0.3 is 0 Å². The van der Waals surface area contributed by atoms with E-state index in [2.05, 4.69) is 29.2 Å². The Bertz CT molecular complexity index is 611. The van der Waals surface area contributed by atoms with E-state index in [-0.39, 0.29) is 5.91 Å². The number of amides is 1. The van der Waals surface area contributed by atoms with Crippen LogP contribution in [0.15, 0.2) is 47.1 Å². The van der Waals surface area contributed by atoms with E-state index in [1.807, 2.05) is 13.0 Å². The molecule has 0 aliphatic heterocycles. The van der Waals surface area contributed by atoms with Gasteiger partial charge in [-0.05, 0) is 37.8 Å². The summed E-state index contributed by atoms with van der Waals surface area (Å²) >= 11 is 0. The Labute approximate surface area is 131 Å². The summed E-state index contributed by atoms with van der Waals surface area (Å²) in [7, 11) is 0. The number of carbonyl (C=O) groups is 1. The Kier molecular flexibility index (Phi) is 4.62. The highest BCUT2D eigenvalue weighted by Crippen LogP contribution is 2.26. The van der Waals surface area contributed by atoms with Gasteiger partial charge < -0.3 is 9.32 Å². The fourth-order valence-electron chi connectivity index (χ4n) is 3.32. The minimum Gasteiger partial charge on any atom is -0.469 e. The second kappa shape index (κ2) is 6.82. The van der Waals surface area contributed by atoms with Crippen LogP contribution in [0.25, 0.3) is 0 Å². The molecule has 1 aliphatic rings. The van der Waals surface area contributed by atoms with E-state index in [1.54, 1.807) is 12.3 Å². The largest absolute Gasteiger partial charge is 0.469 e. The molecule has 116 valence electrons. The predicted octanol–water partition coefficient (Wildman–Crippen LogP) is 4.22. The third kappa shape index (κ3) is 3.24. The van der Waals surface area contributed by atoms with E-state index in [0.717, 1.165) is 25.8 Å². The molecule has 1 aromatic heterocycles. The zero-order valence-corrected chi connectivity index (χ0v) is 13.1. The second-order valence-electron chi connectivity index (χ2n) is 6.06. The summed E-state index contributed by atoms with van der Waals surface area (Å²) in [6, 6.07) is 12.6. The number of aryl methyl sites for hydroxylation is 1. The molecule has 1 amide bonds. The maximum absolute atomic E-state index is 12.9. The van der Waals surface area contributed by atoms with Crippen molar-refractivity contribution in [3.8, 4) is 0 Å². The molecular weight excluding hydrogens is 274 g/mol. The quantitative estimate of drug-likeness (QED) is 0.828. The average molecular weight is 297 g/mol. The Morgan fingerprint density at radius 3 is 2.55 bits per heavy atom. The fraction of sp³-hybridized carbons (Fsp3) is 0.421. The van der Waals surface area contributed by atoms with Crippen LogP contribution >= 0.6 is 0 Å². The van der Waals surface area contributed by atoms with Crippen molar-refractivity contribution in [2.75, 3.05) is 6.54 Å². The molecule has 0 radical (unpaired) electrons. The molecule has 1 heterocycles. The van der Waals surface area contributed by atoms with Crippen molar-refractivity contribution in [2.24, 2.45) is 0 Å². The van der Waals surface area contributed by atoms with Gasteiger partial charge in [-0.25, -0.2) is 0 Å². The first-order valence-corrected chi connectivity index (χ1v) is 8.14. The van der Waals surface area contributed by atoms with Crippen molar-refractivity contribution >= 4 is 5.91 Å². The Morgan fingerprint density at radius 1 is 1.18 bits per heavy atom. The van der Waals surface area contributed by atoms with E-state index in [4.69, 9.17) is 4.42 Å². The molecule has 0 N–H and O–H groups in total. The third-order valence-corrected chi connectivity index (χ3v) is 4.60. The smallest absolute Gasteiger partial charge is 0.257 e. The molecule has 3 rings (SSSR count). The first kappa shape index (κ1) is 14.9. The number of benzene rings is 1. The highest BCUT2D eigenvalue weighted by atomic mass is 16.3. The Balaban J connectivity index is 1.75. The molecule has 1 aliphatic carbocycles. The normalized spacial score (nSPS) is 15.1. The molecule has 3 heteroatoms. The second-order valence-corrected chi connectivity index (χ2v) is 6.06. The van der Waals surface area contributed by atoms with Gasteiger partial charge in [0.05, 0.1) is 11.8 Å². The summed E-state index contributed by atoms with van der Waals surface area (Å²) in [5.74, 6) is 0.835. The van der Waals surface area contributed by atoms with Crippen LogP contribution < -0.4 is 0 Å². The van der Waals surface area contributed by atoms with Crippen LogP contribution in [-0.2, 0) is 6.42 Å². The minimum atomic E-state index is 0.120. The van der Waals surface area contributed by atoms with Gasteiger partial charge in [-0.15, -0.1) is 0 Å². The van der Waals surface area contributed by atoms with Crippen molar-refractivity contribution in [1.29, 1.82) is 0 Å². The molecule has 1 saturated carbocycles. The highest BCUT2D eigenvalue weighted by Gasteiger charge is 2.28. The molecular formula is C19H23NO2. The highest BCUT2D eigenvalue weighted by molar-refractivity contribution is 5.95. The predicted molar refractivity (Wildman–Crippen MR) is 86.9 cm³/mol. The van der Waals surface area contributed by atoms with E-state index >= 15 is 0 Å². The summed E-state index contributed by atoms with van der Waals surface area (Å²) in [5, 5.41) is 0. The Morgan fingerprint density at radius 2 is 1.91 bits per heavy atom. The van der Waals surface area contributed by atoms with Gasteiger partial charge in [0.25, 0.3) is 5.91 Å². The van der Waals surface area contributed by atoms with E-state index in [1.165, 1.54) is 18.4 Å². The molecule has 0 bridgehead atoms. The zero-order valence-electron chi connectivity index (χ0n) is 13.1. The van der Waals surface area contributed by atoms with E-state index < -0.39 is 0 Å². The minimum absolute atomic E-state index is 0.120. The van der Waals surface area contributed by atoms with E-state index in [9.17, 15) is 4.79 Å². The summed E-state index contributed by atoms with van der Waals surface area (Å²) < 4.78 is 5.31. The lowest BCUT2D eigenvalue weighted by molar-refractivity contribution is 0.0682. The molecule has 0 atom stereocenters. The molecule has 0 spiro atoms. The first-order chi connectivity index (χ1) is 10.8. The SMILES string of the molecule is Cc1occc1C(=O)N(CCc1ccccc1)C1CCCC1. The molecule has 0 unspecified atom stereocenters. The lowest BCUT2D eigenvalue weighted by Crippen LogP contribution is -2.40.